The van der Waals surface area contributed by atoms with Crippen molar-refractivity contribution in [2.45, 2.75) is 48.4 Å². The third-order valence-electron chi connectivity index (χ3n) is 4.65. The maximum Gasteiger partial charge on any atom is 0.243 e. The van der Waals surface area contributed by atoms with Crippen LogP contribution >= 0.6 is 35.7 Å². The van der Waals surface area contributed by atoms with E-state index in [1.54, 1.807) is 26.2 Å². The number of benzene rings is 2. The number of nitrogens with one attached hydrogen (secondary N) is 2. The van der Waals surface area contributed by atoms with Crippen LogP contribution in [0.25, 0.3) is 0 Å². The molecule has 0 aliphatic rings. The molecule has 2 aromatic carbocycles. The Bertz CT molecular complexity index is 920. The Morgan fingerprint density at radius 3 is 2.19 bits per heavy atom. The first kappa shape index (κ1) is 27.7. The van der Waals surface area contributed by atoms with Crippen molar-refractivity contribution in [1.29, 1.82) is 0 Å². The summed E-state index contributed by atoms with van der Waals surface area (Å²) in [4.78, 5) is 5.81. The summed E-state index contributed by atoms with van der Waals surface area (Å²) >= 11 is 1.81. The molecule has 0 aromatic heterocycles. The Balaban J connectivity index is 0.00000480. The van der Waals surface area contributed by atoms with E-state index in [1.807, 2.05) is 55.9 Å². The standard InChI is InChI=1S/C22H32N4O2S2.HI/c1-17(2)26(5)30(27,28)21-13-11-19(12-14-21)16-25-22(23-4)24-15-18(3)29-20-9-7-6-8-10-20;/h6-14,17-18H,15-16H2,1-5H3,(H2,23,24,25);1H. The Kier molecular flexibility index (Phi) is 11.9. The van der Waals surface area contributed by atoms with Crippen LogP contribution in [0.5, 0.6) is 0 Å². The summed E-state index contributed by atoms with van der Waals surface area (Å²) in [5.41, 5.74) is 0.982. The summed E-state index contributed by atoms with van der Waals surface area (Å²) in [5.74, 6) is 0.715. The Morgan fingerprint density at radius 2 is 1.65 bits per heavy atom. The van der Waals surface area contributed by atoms with Crippen LogP contribution in [0.2, 0.25) is 0 Å². The fourth-order valence-electron chi connectivity index (χ4n) is 2.64. The molecule has 0 fully saturated rings. The fourth-order valence-corrected chi connectivity index (χ4v) is 4.96. The number of nitrogens with zero attached hydrogens (tertiary/aromatic N) is 2. The highest BCUT2D eigenvalue weighted by Crippen LogP contribution is 2.22. The minimum absolute atomic E-state index is 0. The molecule has 0 spiro atoms. The van der Waals surface area contributed by atoms with Crippen molar-refractivity contribution in [3.63, 3.8) is 0 Å². The first-order valence-corrected chi connectivity index (χ1v) is 12.3. The lowest BCUT2D eigenvalue weighted by Crippen LogP contribution is -2.39. The number of rotatable bonds is 9. The average Bonchev–Trinajstić information content (AvgIpc) is 2.74. The molecule has 31 heavy (non-hydrogen) atoms. The van der Waals surface area contributed by atoms with Gasteiger partial charge in [0, 0.05) is 43.4 Å². The predicted octanol–water partition coefficient (Wildman–Crippen LogP) is 4.18. The molecule has 1 atom stereocenters. The molecule has 6 nitrogen and oxygen atoms in total. The Morgan fingerprint density at radius 1 is 1.03 bits per heavy atom. The van der Waals surface area contributed by atoms with E-state index in [4.69, 9.17) is 0 Å². The van der Waals surface area contributed by atoms with Crippen molar-refractivity contribution in [2.24, 2.45) is 4.99 Å². The van der Waals surface area contributed by atoms with Gasteiger partial charge in [-0.15, -0.1) is 35.7 Å². The highest BCUT2D eigenvalue weighted by molar-refractivity contribution is 14.0. The summed E-state index contributed by atoms with van der Waals surface area (Å²) in [5, 5.41) is 6.99. The zero-order valence-electron chi connectivity index (χ0n) is 18.7. The van der Waals surface area contributed by atoms with Crippen LogP contribution in [0, 0.1) is 0 Å². The van der Waals surface area contributed by atoms with Gasteiger partial charge in [0.2, 0.25) is 10.0 Å². The van der Waals surface area contributed by atoms with Gasteiger partial charge in [0.05, 0.1) is 4.90 Å². The molecular weight excluding hydrogens is 543 g/mol. The van der Waals surface area contributed by atoms with Gasteiger partial charge in [-0.2, -0.15) is 4.31 Å². The Labute approximate surface area is 208 Å². The molecule has 0 heterocycles. The number of sulfonamides is 1. The van der Waals surface area contributed by atoms with Gasteiger partial charge in [0.1, 0.15) is 0 Å². The summed E-state index contributed by atoms with van der Waals surface area (Å²) < 4.78 is 26.5. The van der Waals surface area contributed by atoms with Gasteiger partial charge in [-0.3, -0.25) is 4.99 Å². The van der Waals surface area contributed by atoms with E-state index in [0.717, 1.165) is 12.1 Å². The van der Waals surface area contributed by atoms with Crippen molar-refractivity contribution in [1.82, 2.24) is 14.9 Å². The summed E-state index contributed by atoms with van der Waals surface area (Å²) in [6.07, 6.45) is 0. The Hall–Kier alpha value is -1.30. The largest absolute Gasteiger partial charge is 0.355 e. The van der Waals surface area contributed by atoms with Crippen LogP contribution in [0.3, 0.4) is 0 Å². The number of halogens is 1. The molecule has 1 unspecified atom stereocenters. The number of guanidine groups is 1. The summed E-state index contributed by atoms with van der Waals surface area (Å²) in [7, 11) is -0.123. The molecule has 0 saturated carbocycles. The maximum atomic E-state index is 12.6. The number of hydrogen-bond acceptors (Lipinski definition) is 4. The van der Waals surface area contributed by atoms with Gasteiger partial charge in [0.15, 0.2) is 5.96 Å². The van der Waals surface area contributed by atoms with E-state index in [-0.39, 0.29) is 30.0 Å². The molecule has 0 radical (unpaired) electrons. The molecule has 2 aromatic rings. The SMILES string of the molecule is CN=C(NCc1ccc(S(=O)(=O)N(C)C(C)C)cc1)NCC(C)Sc1ccccc1.I. The minimum Gasteiger partial charge on any atom is -0.355 e. The lowest BCUT2D eigenvalue weighted by molar-refractivity contribution is 0.410. The van der Waals surface area contributed by atoms with Crippen LogP contribution in [-0.4, -0.2) is 50.6 Å². The zero-order chi connectivity index (χ0) is 22.1. The van der Waals surface area contributed by atoms with Crippen molar-refractivity contribution >= 4 is 51.7 Å². The number of thioether (sulfide) groups is 1. The second kappa shape index (κ2) is 13.3. The minimum atomic E-state index is -3.46. The van der Waals surface area contributed by atoms with Crippen molar-refractivity contribution < 1.29 is 8.42 Å². The third-order valence-corrected chi connectivity index (χ3v) is 7.81. The molecular formula is C22H33IN4O2S2. The van der Waals surface area contributed by atoms with Gasteiger partial charge in [-0.05, 0) is 43.7 Å². The predicted molar refractivity (Wildman–Crippen MR) is 142 cm³/mol. The van der Waals surface area contributed by atoms with Gasteiger partial charge in [-0.25, -0.2) is 8.42 Å². The molecule has 9 heteroatoms. The van der Waals surface area contributed by atoms with Crippen LogP contribution in [0.4, 0.5) is 0 Å². The molecule has 0 saturated heterocycles. The van der Waals surface area contributed by atoms with Gasteiger partial charge in [0.25, 0.3) is 0 Å². The fraction of sp³-hybridized carbons (Fsp3) is 0.409. The quantitative estimate of drug-likeness (QED) is 0.203. The smallest absolute Gasteiger partial charge is 0.243 e. The highest BCUT2D eigenvalue weighted by atomic mass is 127. The van der Waals surface area contributed by atoms with E-state index in [1.165, 1.54) is 9.20 Å². The van der Waals surface area contributed by atoms with E-state index in [0.29, 0.717) is 22.6 Å². The zero-order valence-corrected chi connectivity index (χ0v) is 22.7. The topological polar surface area (TPSA) is 73.8 Å². The normalized spacial score (nSPS) is 13.1. The van der Waals surface area contributed by atoms with Crippen LogP contribution in [0.15, 0.2) is 69.4 Å². The molecule has 2 rings (SSSR count). The van der Waals surface area contributed by atoms with Gasteiger partial charge >= 0.3 is 0 Å². The molecule has 0 aliphatic carbocycles. The second-order valence-electron chi connectivity index (χ2n) is 7.31. The lowest BCUT2D eigenvalue weighted by Gasteiger charge is -2.21. The van der Waals surface area contributed by atoms with Crippen molar-refractivity contribution in [2.75, 3.05) is 20.6 Å². The van der Waals surface area contributed by atoms with Crippen molar-refractivity contribution in [3.8, 4) is 0 Å². The van der Waals surface area contributed by atoms with Crippen LogP contribution < -0.4 is 10.6 Å². The second-order valence-corrected chi connectivity index (χ2v) is 10.8. The molecule has 2 N–H and O–H groups in total. The van der Waals surface area contributed by atoms with Crippen molar-refractivity contribution in [3.05, 3.63) is 60.2 Å². The first-order valence-electron chi connectivity index (χ1n) is 9.97. The van der Waals surface area contributed by atoms with E-state index >= 15 is 0 Å². The molecule has 0 amide bonds. The number of hydrogen-bond donors (Lipinski definition) is 2. The van der Waals surface area contributed by atoms with E-state index in [2.05, 4.69) is 34.7 Å². The molecule has 0 aliphatic heterocycles. The van der Waals surface area contributed by atoms with E-state index < -0.39 is 10.0 Å². The van der Waals surface area contributed by atoms with Crippen LogP contribution in [0.1, 0.15) is 26.3 Å². The highest BCUT2D eigenvalue weighted by Gasteiger charge is 2.22. The van der Waals surface area contributed by atoms with Gasteiger partial charge < -0.3 is 10.6 Å². The summed E-state index contributed by atoms with van der Waals surface area (Å²) in [6, 6.07) is 17.2. The number of aliphatic imine (C=N–C) groups is 1. The summed E-state index contributed by atoms with van der Waals surface area (Å²) in [6.45, 7) is 7.21. The van der Waals surface area contributed by atoms with Crippen LogP contribution in [-0.2, 0) is 16.6 Å². The maximum absolute atomic E-state index is 12.6. The first-order chi connectivity index (χ1) is 14.2. The average molecular weight is 577 g/mol. The molecule has 0 bridgehead atoms. The van der Waals surface area contributed by atoms with Gasteiger partial charge in [-0.1, -0.05) is 37.3 Å². The lowest BCUT2D eigenvalue weighted by atomic mass is 10.2. The van der Waals surface area contributed by atoms with E-state index in [9.17, 15) is 8.42 Å². The third kappa shape index (κ3) is 8.63. The monoisotopic (exact) mass is 576 g/mol. The molecule has 172 valence electrons.